The number of benzene rings is 2. The van der Waals surface area contributed by atoms with Crippen molar-refractivity contribution in [2.75, 3.05) is 53.6 Å². The number of hydrogen-bond donors (Lipinski definition) is 4. The van der Waals surface area contributed by atoms with E-state index in [0.29, 0.717) is 65.1 Å². The van der Waals surface area contributed by atoms with Crippen molar-refractivity contribution < 1.29 is 66.4 Å². The number of esters is 2. The normalized spacial score (nSPS) is 15.3. The van der Waals surface area contributed by atoms with E-state index >= 15 is 0 Å². The number of carbonyl (C=O) groups is 5. The molecule has 2 fully saturated rings. The van der Waals surface area contributed by atoms with E-state index < -0.39 is 24.0 Å². The molecule has 5 N–H and O–H groups in total. The van der Waals surface area contributed by atoms with Gasteiger partial charge < -0.3 is 44.7 Å². The first-order valence-corrected chi connectivity index (χ1v) is 41.6. The van der Waals surface area contributed by atoms with Crippen LogP contribution in [-0.4, -0.2) is 122 Å². The van der Waals surface area contributed by atoms with Crippen LogP contribution in [0, 0.1) is 0 Å². The number of methoxy groups -OCH3 is 2. The van der Waals surface area contributed by atoms with Gasteiger partial charge in [0.1, 0.15) is 31.1 Å². The van der Waals surface area contributed by atoms with Gasteiger partial charge >= 0.3 is 101 Å². The smallest absolute Gasteiger partial charge is 0.410 e. The molecule has 15 nitrogen and oxygen atoms in total. The second-order valence-electron chi connectivity index (χ2n) is 11.3. The fourth-order valence-electron chi connectivity index (χ4n) is 4.64. The molecule has 0 bridgehead atoms. The Labute approximate surface area is 359 Å². The van der Waals surface area contributed by atoms with E-state index in [9.17, 15) is 29.1 Å². The summed E-state index contributed by atoms with van der Waals surface area (Å²) in [5, 5.41) is 20.5. The first-order chi connectivity index (χ1) is 25.9. The van der Waals surface area contributed by atoms with Crippen LogP contribution < -0.4 is 24.3 Å². The van der Waals surface area contributed by atoms with E-state index in [1.54, 1.807) is 9.80 Å². The molecule has 306 valence electrons. The molecule has 0 radical (unpaired) electrons. The Morgan fingerprint density at radius 2 is 1.24 bits per heavy atom. The van der Waals surface area contributed by atoms with Crippen LogP contribution in [0.3, 0.4) is 0 Å². The van der Waals surface area contributed by atoms with Crippen molar-refractivity contribution in [2.24, 2.45) is 5.73 Å². The average Bonchev–Trinajstić information content (AvgIpc) is 3.22. The molecule has 4 rings (SSSR count). The van der Waals surface area contributed by atoms with E-state index in [2.05, 4.69) is 70.6 Å². The summed E-state index contributed by atoms with van der Waals surface area (Å²) in [6.07, 6.45) is 1.60. The summed E-state index contributed by atoms with van der Waals surface area (Å²) in [5.41, 5.74) is 6.92. The number of aliphatic hydroxyl groups excluding tert-OH is 2. The summed E-state index contributed by atoms with van der Waals surface area (Å²) in [5.74, 6) is -0.855. The Kier molecular flexibility index (Phi) is 29.4. The van der Waals surface area contributed by atoms with Crippen LogP contribution in [0.1, 0.15) is 36.8 Å². The molecular weight excluding hydrogens is 1270 g/mol. The molecule has 2 aliphatic heterocycles. The number of ether oxygens (including phenoxy) is 4. The Balaban J connectivity index is 0.000000419. The maximum absolute atomic E-state index is 12.1. The molecule has 0 spiro atoms. The van der Waals surface area contributed by atoms with E-state index in [0.717, 1.165) is 11.1 Å². The van der Waals surface area contributed by atoms with Crippen molar-refractivity contribution in [1.29, 1.82) is 0 Å². The molecule has 2 saturated heterocycles. The Morgan fingerprint density at radius 3 is 1.59 bits per heavy atom. The number of nitrogens with zero attached hydrogens (tertiary/aromatic N) is 2. The fourth-order valence-corrected chi connectivity index (χ4v) is 4.64. The monoisotopic (exact) mass is 1320 g/mol. The molecule has 2 heterocycles. The van der Waals surface area contributed by atoms with E-state index in [1.165, 1.54) is 14.2 Å². The number of Topliss-reactive ketones (excluding diaryl/α,β-unsaturated/α-hetero) is 1. The van der Waals surface area contributed by atoms with Gasteiger partial charge in [-0.3, -0.25) is 19.7 Å². The summed E-state index contributed by atoms with van der Waals surface area (Å²) >= 11 is 8.37. The molecule has 2 aromatic rings. The van der Waals surface area contributed by atoms with Gasteiger partial charge in [-0.15, -0.1) is 0 Å². The van der Waals surface area contributed by atoms with Gasteiger partial charge in [-0.1, -0.05) is 60.7 Å². The molecule has 0 unspecified atom stereocenters. The zero-order chi connectivity index (χ0) is 40.3. The van der Waals surface area contributed by atoms with Crippen molar-refractivity contribution in [1.82, 2.24) is 15.1 Å². The number of aliphatic hydroxyl groups is 2. The molecule has 2 amide bonds. The number of rotatable bonds is 11. The van der Waals surface area contributed by atoms with Crippen LogP contribution in [-0.2, 0) is 46.5 Å². The summed E-state index contributed by atoms with van der Waals surface area (Å²) in [4.78, 5) is 59.7. The number of halogens is 5. The minimum Gasteiger partial charge on any atom is -0.445 e. The van der Waals surface area contributed by atoms with Crippen LogP contribution >= 0.6 is 63.7 Å². The van der Waals surface area contributed by atoms with Gasteiger partial charge in [-0.2, -0.15) is 0 Å². The second kappa shape index (κ2) is 31.1. The minimum atomic E-state index is -0.889. The quantitative estimate of drug-likeness (QED) is 0.144. The molecule has 2 aromatic carbocycles. The zero-order valence-electron chi connectivity index (χ0n) is 29.9. The third-order valence-corrected chi connectivity index (χ3v) is 90.2. The number of carbonyl (C=O) groups excluding carboxylic acids is 5. The van der Waals surface area contributed by atoms with Gasteiger partial charge in [0, 0.05) is 45.1 Å². The van der Waals surface area contributed by atoms with Gasteiger partial charge in [0.05, 0.1) is 27.4 Å². The van der Waals surface area contributed by atoms with Crippen molar-refractivity contribution >= 4 is 93.7 Å². The van der Waals surface area contributed by atoms with E-state index in [4.69, 9.17) is 20.3 Å². The number of hydrogen-bond acceptors (Lipinski definition) is 13. The van der Waals surface area contributed by atoms with E-state index in [-0.39, 0.29) is 58.3 Å². The van der Waals surface area contributed by atoms with Crippen LogP contribution in [0.2, 0.25) is 0 Å². The fraction of sp³-hybridized carbons (Fsp3) is 0.500. The summed E-state index contributed by atoms with van der Waals surface area (Å²) < 4.78 is 19.3. The maximum atomic E-state index is 12.1. The predicted octanol–water partition coefficient (Wildman–Crippen LogP) is 1.93. The van der Waals surface area contributed by atoms with Gasteiger partial charge in [0.2, 0.25) is 0 Å². The van der Waals surface area contributed by atoms with E-state index in [1.807, 2.05) is 60.7 Å². The number of likely N-dealkylation sites (tertiary alicyclic amines) is 2. The SMILES string of the molecule is COC(=O)[C@@H](CO)NC1CCN(C(=O)OCc2ccccc2)CC1.COC(=O)[C@H](N)CO.I[I-]I(I)I.O=C1CCN(C(=O)OCc2ccccc2)CC1. The topological polar surface area (TPSA) is 207 Å². The molecule has 0 aromatic heterocycles. The maximum Gasteiger partial charge on any atom is 0.410 e. The largest absolute Gasteiger partial charge is 0.445 e. The van der Waals surface area contributed by atoms with Crippen LogP contribution in [0.4, 0.5) is 9.59 Å². The molecule has 2 aliphatic rings. The Bertz CT molecular complexity index is 1370. The van der Waals surface area contributed by atoms with Gasteiger partial charge in [-0.25, -0.2) is 9.59 Å². The molecular formula is C34H48I5N4O11-. The molecule has 0 aliphatic carbocycles. The number of ketones is 1. The Hall–Kier alpha value is -0.920. The van der Waals surface area contributed by atoms with Crippen LogP contribution in [0.5, 0.6) is 0 Å². The van der Waals surface area contributed by atoms with Crippen LogP contribution in [0.15, 0.2) is 60.7 Å². The first-order valence-electron chi connectivity index (χ1n) is 16.5. The number of amides is 2. The second-order valence-corrected chi connectivity index (χ2v) is 76.3. The molecule has 20 heteroatoms. The summed E-state index contributed by atoms with van der Waals surface area (Å²) in [6, 6.07) is 17.5. The number of nitrogens with two attached hydrogens (primary N) is 1. The minimum absolute atomic E-state index is 0.0550. The van der Waals surface area contributed by atoms with Gasteiger partial charge in [0.25, 0.3) is 0 Å². The van der Waals surface area contributed by atoms with Crippen molar-refractivity contribution in [2.45, 2.75) is 57.0 Å². The van der Waals surface area contributed by atoms with Crippen molar-refractivity contribution in [3.05, 3.63) is 71.8 Å². The molecule has 0 saturated carbocycles. The first kappa shape index (κ1) is 51.1. The predicted molar refractivity (Wildman–Crippen MR) is 233 cm³/mol. The van der Waals surface area contributed by atoms with Crippen molar-refractivity contribution in [3.63, 3.8) is 0 Å². The summed E-state index contributed by atoms with van der Waals surface area (Å²) in [6.45, 7) is 1.91. The summed E-state index contributed by atoms with van der Waals surface area (Å²) in [7, 11) is 2.26. The zero-order valence-corrected chi connectivity index (χ0v) is 40.7. The average molecular weight is 1320 g/mol. The number of piperidine rings is 2. The third kappa shape index (κ3) is 22.7. The van der Waals surface area contributed by atoms with Crippen molar-refractivity contribution in [3.8, 4) is 0 Å². The number of nitrogens with one attached hydrogen (secondary N) is 1. The third-order valence-electron chi connectivity index (χ3n) is 7.59. The van der Waals surface area contributed by atoms with Gasteiger partial charge in [0.15, 0.2) is 0 Å². The Morgan fingerprint density at radius 1 is 0.815 bits per heavy atom. The van der Waals surface area contributed by atoms with Gasteiger partial charge in [-0.05, 0) is 24.0 Å². The van der Waals surface area contributed by atoms with Crippen LogP contribution in [0.25, 0.3) is 0 Å². The molecule has 2 atom stereocenters. The standard InChI is InChI=1S/C17H24N2O5.C13H15NO3.C4H9NO3.I5/c1-23-16(21)15(11-20)18-14-7-9-19(10-8-14)17(22)24-12-13-5-3-2-4-6-13;15-12-6-8-14(9-7-12)13(16)17-10-11-4-2-1-3-5-11;1-8-4(7)3(5)2-6;1-4-5(2)3/h2-6,14-15,18,20H,7-12H2,1H3;1-5H,6-10H2;3,6H,2,5H2,1H3;/q;;;-1/t15-;;3-;/m1.1./s1. The molecule has 54 heavy (non-hydrogen) atoms.